The summed E-state index contributed by atoms with van der Waals surface area (Å²) < 4.78 is 15.3. The molecule has 0 aliphatic heterocycles. The van der Waals surface area contributed by atoms with E-state index in [0.29, 0.717) is 11.7 Å². The highest BCUT2D eigenvalue weighted by Crippen LogP contribution is 2.36. The largest absolute Gasteiger partial charge is 0.310 e. The first kappa shape index (κ1) is 21.5. The third-order valence-electron chi connectivity index (χ3n) is 6.58. The van der Waals surface area contributed by atoms with Crippen LogP contribution in [-0.4, -0.2) is 31.4 Å². The topological polar surface area (TPSA) is 72.2 Å². The van der Waals surface area contributed by atoms with Crippen molar-refractivity contribution < 1.29 is 9.18 Å². The molecule has 5 rings (SSSR count). The quantitative estimate of drug-likeness (QED) is 0.409. The number of hydrogen-bond donors (Lipinski definition) is 1. The van der Waals surface area contributed by atoms with Crippen molar-refractivity contribution in [2.24, 2.45) is 5.92 Å². The number of amides is 1. The molecule has 1 saturated carbocycles. The zero-order valence-electron chi connectivity index (χ0n) is 19.4. The molecule has 0 saturated heterocycles. The molecule has 1 N–H and O–H groups in total. The molecule has 0 unspecified atom stereocenters. The number of halogens is 1. The van der Waals surface area contributed by atoms with Gasteiger partial charge in [-0.2, -0.15) is 0 Å². The van der Waals surface area contributed by atoms with Gasteiger partial charge in [-0.15, -0.1) is 0 Å². The van der Waals surface area contributed by atoms with Crippen LogP contribution in [0.3, 0.4) is 0 Å². The van der Waals surface area contributed by atoms with E-state index in [1.54, 1.807) is 6.20 Å². The lowest BCUT2D eigenvalue weighted by Crippen LogP contribution is -2.16. The number of anilines is 1. The van der Waals surface area contributed by atoms with Gasteiger partial charge in [0.1, 0.15) is 17.6 Å². The summed E-state index contributed by atoms with van der Waals surface area (Å²) in [6, 6.07) is 6.08. The number of aromatic nitrogens is 4. The van der Waals surface area contributed by atoms with E-state index in [1.165, 1.54) is 0 Å². The average Bonchev–Trinajstić information content (AvgIpc) is 3.41. The molecule has 1 aliphatic rings. The van der Waals surface area contributed by atoms with Crippen LogP contribution >= 0.6 is 0 Å². The van der Waals surface area contributed by atoms with Crippen molar-refractivity contribution in [1.29, 1.82) is 0 Å². The fourth-order valence-electron chi connectivity index (χ4n) is 4.54. The van der Waals surface area contributed by atoms with Crippen LogP contribution in [0.15, 0.2) is 36.8 Å². The Balaban J connectivity index is 1.59. The highest BCUT2D eigenvalue weighted by Gasteiger charge is 2.43. The number of imidazole rings is 1. The van der Waals surface area contributed by atoms with Crippen LogP contribution in [0.1, 0.15) is 56.0 Å². The molecular formula is C26H28FN5O. The Kier molecular flexibility index (Phi) is 5.35. The molecule has 7 heteroatoms. The van der Waals surface area contributed by atoms with Crippen LogP contribution in [0.2, 0.25) is 0 Å². The van der Waals surface area contributed by atoms with Crippen molar-refractivity contribution in [1.82, 2.24) is 19.4 Å². The highest BCUT2D eigenvalue weighted by atomic mass is 19.1. The number of carbonyl (C=O) groups is 1. The molecule has 4 heterocycles. The van der Waals surface area contributed by atoms with Crippen LogP contribution in [0, 0.1) is 19.8 Å². The summed E-state index contributed by atoms with van der Waals surface area (Å²) in [7, 11) is 0. The van der Waals surface area contributed by atoms with E-state index in [-0.39, 0.29) is 12.3 Å². The summed E-state index contributed by atoms with van der Waals surface area (Å²) in [4.78, 5) is 26.1. The standard InChI is InChI=1S/C26H28FN5O/c1-5-6-14(2)22-7-15(3)20(13-28-22)18-8-17-12-29-24(31-26(33)19-9-21(19)27)10-23(17)32-16(4)11-30-25(18)32/h7-8,10-14,19,21H,5-6,9H2,1-4H3,(H,29,31,33)/t14-,19-,21+/m0/s1. The van der Waals surface area contributed by atoms with Gasteiger partial charge in [0.15, 0.2) is 0 Å². The number of fused-ring (bicyclic) bond motifs is 3. The van der Waals surface area contributed by atoms with Crippen molar-refractivity contribution >= 4 is 28.3 Å². The van der Waals surface area contributed by atoms with E-state index in [1.807, 2.05) is 25.4 Å². The van der Waals surface area contributed by atoms with Gasteiger partial charge in [-0.3, -0.25) is 14.2 Å². The molecule has 0 radical (unpaired) electrons. The molecule has 4 aromatic heterocycles. The maximum atomic E-state index is 13.2. The maximum absolute atomic E-state index is 13.2. The van der Waals surface area contributed by atoms with Gasteiger partial charge in [0, 0.05) is 52.6 Å². The van der Waals surface area contributed by atoms with E-state index in [2.05, 4.69) is 52.6 Å². The fraction of sp³-hybridized carbons (Fsp3) is 0.385. The van der Waals surface area contributed by atoms with E-state index in [9.17, 15) is 9.18 Å². The number of nitrogens with one attached hydrogen (secondary N) is 1. The number of aryl methyl sites for hydroxylation is 2. The first-order chi connectivity index (χ1) is 15.9. The van der Waals surface area contributed by atoms with Gasteiger partial charge in [0.05, 0.1) is 11.4 Å². The van der Waals surface area contributed by atoms with Crippen LogP contribution in [-0.2, 0) is 4.79 Å². The molecule has 1 fully saturated rings. The average molecular weight is 446 g/mol. The summed E-state index contributed by atoms with van der Waals surface area (Å²) in [6.07, 6.45) is 7.03. The molecule has 4 aromatic rings. The Labute approximate surface area is 192 Å². The molecule has 3 atom stereocenters. The zero-order chi connectivity index (χ0) is 23.3. The Morgan fingerprint density at radius 2 is 1.94 bits per heavy atom. The number of nitrogens with zero attached hydrogens (tertiary/aromatic N) is 4. The fourth-order valence-corrected chi connectivity index (χ4v) is 4.54. The van der Waals surface area contributed by atoms with Crippen molar-refractivity contribution in [3.8, 4) is 11.1 Å². The van der Waals surface area contributed by atoms with Gasteiger partial charge >= 0.3 is 0 Å². The predicted octanol–water partition coefficient (Wildman–Crippen LogP) is 5.76. The third-order valence-corrected chi connectivity index (χ3v) is 6.58. The molecular weight excluding hydrogens is 417 g/mol. The Hall–Kier alpha value is -3.35. The molecule has 170 valence electrons. The lowest BCUT2D eigenvalue weighted by atomic mass is 9.96. The lowest BCUT2D eigenvalue weighted by molar-refractivity contribution is -0.117. The molecule has 6 nitrogen and oxygen atoms in total. The molecule has 0 bridgehead atoms. The minimum absolute atomic E-state index is 0.289. The number of alkyl halides is 1. The second-order valence-corrected chi connectivity index (χ2v) is 9.21. The molecule has 0 aromatic carbocycles. The first-order valence-electron chi connectivity index (χ1n) is 11.6. The molecule has 1 amide bonds. The minimum atomic E-state index is -1.04. The number of hydrogen-bond acceptors (Lipinski definition) is 4. The monoisotopic (exact) mass is 445 g/mol. The van der Waals surface area contributed by atoms with Crippen LogP contribution in [0.25, 0.3) is 27.7 Å². The van der Waals surface area contributed by atoms with Crippen LogP contribution in [0.5, 0.6) is 0 Å². The Morgan fingerprint density at radius 1 is 1.15 bits per heavy atom. The third kappa shape index (κ3) is 3.86. The van der Waals surface area contributed by atoms with Crippen molar-refractivity contribution in [2.45, 2.75) is 59.0 Å². The number of pyridine rings is 3. The molecule has 33 heavy (non-hydrogen) atoms. The summed E-state index contributed by atoms with van der Waals surface area (Å²) in [5.41, 5.74) is 7.00. The second kappa shape index (κ2) is 8.21. The minimum Gasteiger partial charge on any atom is -0.310 e. The normalized spacial score (nSPS) is 18.6. The van der Waals surface area contributed by atoms with Crippen LogP contribution in [0.4, 0.5) is 10.2 Å². The summed E-state index contributed by atoms with van der Waals surface area (Å²) >= 11 is 0. The summed E-state index contributed by atoms with van der Waals surface area (Å²) in [6.45, 7) is 8.53. The van der Waals surface area contributed by atoms with E-state index in [4.69, 9.17) is 4.98 Å². The first-order valence-corrected chi connectivity index (χ1v) is 11.6. The second-order valence-electron chi connectivity index (χ2n) is 9.21. The zero-order valence-corrected chi connectivity index (χ0v) is 19.4. The predicted molar refractivity (Wildman–Crippen MR) is 128 cm³/mol. The van der Waals surface area contributed by atoms with Gasteiger partial charge in [-0.1, -0.05) is 20.3 Å². The maximum Gasteiger partial charge on any atom is 0.231 e. The molecule has 1 aliphatic carbocycles. The van der Waals surface area contributed by atoms with Gasteiger partial charge in [-0.25, -0.2) is 14.4 Å². The smallest absolute Gasteiger partial charge is 0.231 e. The summed E-state index contributed by atoms with van der Waals surface area (Å²) in [5.74, 6) is -0.0305. The van der Waals surface area contributed by atoms with Crippen LogP contribution < -0.4 is 5.32 Å². The molecule has 0 spiro atoms. The van der Waals surface area contributed by atoms with Crippen molar-refractivity contribution in [2.75, 3.05) is 5.32 Å². The number of carbonyl (C=O) groups excluding carboxylic acids is 1. The van der Waals surface area contributed by atoms with Gasteiger partial charge < -0.3 is 5.32 Å². The van der Waals surface area contributed by atoms with E-state index in [0.717, 1.165) is 57.5 Å². The van der Waals surface area contributed by atoms with Gasteiger partial charge in [0.2, 0.25) is 5.91 Å². The van der Waals surface area contributed by atoms with Crippen molar-refractivity contribution in [3.63, 3.8) is 0 Å². The number of rotatable bonds is 6. The van der Waals surface area contributed by atoms with E-state index < -0.39 is 12.1 Å². The van der Waals surface area contributed by atoms with Crippen molar-refractivity contribution in [3.05, 3.63) is 53.7 Å². The van der Waals surface area contributed by atoms with Gasteiger partial charge in [-0.05, 0) is 50.3 Å². The summed E-state index contributed by atoms with van der Waals surface area (Å²) in [5, 5.41) is 3.68. The Morgan fingerprint density at radius 3 is 2.64 bits per heavy atom. The lowest BCUT2D eigenvalue weighted by Gasteiger charge is -2.15. The SMILES string of the molecule is CCC[C@H](C)c1cc(C)c(-c2cc3cnc(NC(=O)[C@H]4C[C@H]4F)cc3n3c(C)cnc23)cn1. The van der Waals surface area contributed by atoms with Gasteiger partial charge in [0.25, 0.3) is 0 Å². The highest BCUT2D eigenvalue weighted by molar-refractivity contribution is 5.97. The van der Waals surface area contributed by atoms with E-state index >= 15 is 0 Å². The Bertz CT molecular complexity index is 1380.